The number of hydrogen-bond donors (Lipinski definition) is 0. The van der Waals surface area contributed by atoms with Crippen LogP contribution in [0.5, 0.6) is 0 Å². The van der Waals surface area contributed by atoms with Crippen LogP contribution in [0, 0.1) is 58.3 Å². The average molecular weight is 1640 g/mol. The lowest BCUT2D eigenvalue weighted by Crippen LogP contribution is -2.38. The van der Waals surface area contributed by atoms with Gasteiger partial charge >= 0.3 is 0 Å². The molecule has 8 aliphatic heterocycles. The van der Waals surface area contributed by atoms with Crippen LogP contribution in [0.25, 0.3) is 22.6 Å². The first-order valence-electron chi connectivity index (χ1n) is 42.2. The van der Waals surface area contributed by atoms with E-state index in [-0.39, 0.29) is 47.8 Å². The Bertz CT molecular complexity index is 5120. The van der Waals surface area contributed by atoms with Crippen molar-refractivity contribution in [3.05, 3.63) is 167 Å². The molecule has 0 unspecified atom stereocenters. The Balaban J connectivity index is 0.000000112. The van der Waals surface area contributed by atoms with Gasteiger partial charge in [0.2, 0.25) is 5.76 Å². The van der Waals surface area contributed by atoms with E-state index in [2.05, 4.69) is 133 Å². The summed E-state index contributed by atoms with van der Waals surface area (Å²) < 4.78 is 12.7. The number of carbonyl (C=O) groups is 4. The van der Waals surface area contributed by atoms with Crippen LogP contribution in [0.15, 0.2) is 99.8 Å². The lowest BCUT2D eigenvalue weighted by Gasteiger charge is -2.34. The molecule has 8 aliphatic rings. The summed E-state index contributed by atoms with van der Waals surface area (Å²) in [6.07, 6.45) is 28.7. The molecule has 0 aromatic carbocycles. The molecule has 8 saturated heterocycles. The molecule has 12 aromatic rings. The van der Waals surface area contributed by atoms with Crippen molar-refractivity contribution in [2.24, 2.45) is 23.7 Å². The first kappa shape index (κ1) is 79.2. The molecule has 8 fully saturated rings. The second-order valence-electron chi connectivity index (χ2n) is 33.9. The van der Waals surface area contributed by atoms with E-state index in [0.717, 1.165) is 245 Å². The van der Waals surface area contributed by atoms with Crippen LogP contribution in [0.2, 0.25) is 0 Å². The van der Waals surface area contributed by atoms with E-state index in [1.807, 2.05) is 72.9 Å². The van der Waals surface area contributed by atoms with Crippen molar-refractivity contribution in [3.8, 4) is 0 Å². The molecule has 0 spiro atoms. The number of thiophene rings is 1. The second-order valence-corrected chi connectivity index (χ2v) is 36.5. The number of aromatic nitrogens is 15. The molecule has 28 nitrogen and oxygen atoms in total. The van der Waals surface area contributed by atoms with Gasteiger partial charge in [-0.1, -0.05) is 32.9 Å². The van der Waals surface area contributed by atoms with E-state index >= 15 is 0 Å². The normalized spacial score (nSPS) is 22.5. The van der Waals surface area contributed by atoms with Crippen LogP contribution in [0.3, 0.4) is 0 Å². The minimum Gasteiger partial charge on any atom is -0.356 e. The van der Waals surface area contributed by atoms with Gasteiger partial charge in [0, 0.05) is 173 Å². The predicted octanol–water partition coefficient (Wildman–Crippen LogP) is 15.3. The first-order chi connectivity index (χ1) is 56.8. The Labute approximate surface area is 694 Å². The Morgan fingerprint density at radius 3 is 1.11 bits per heavy atom. The highest BCUT2D eigenvalue weighted by Gasteiger charge is 2.38. The van der Waals surface area contributed by atoms with Crippen LogP contribution < -0.4 is 19.6 Å². The average Bonchev–Trinajstić information content (AvgIpc) is 1.64. The number of hydrogen-bond acceptors (Lipinski definition) is 23. The monoisotopic (exact) mass is 1640 g/mol. The minimum absolute atomic E-state index is 0.00406. The molecular formula is C86H107N23O5S3. The van der Waals surface area contributed by atoms with Gasteiger partial charge in [0.25, 0.3) is 23.6 Å². The van der Waals surface area contributed by atoms with Gasteiger partial charge in [-0.15, -0.1) is 22.7 Å². The number of thiazole rings is 2. The molecule has 12 aromatic heterocycles. The van der Waals surface area contributed by atoms with E-state index in [9.17, 15) is 19.2 Å². The van der Waals surface area contributed by atoms with Gasteiger partial charge in [-0.3, -0.25) is 24.2 Å². The van der Waals surface area contributed by atoms with Gasteiger partial charge in [0.15, 0.2) is 27.6 Å². The summed E-state index contributed by atoms with van der Waals surface area (Å²) in [4.78, 5) is 98.2. The van der Waals surface area contributed by atoms with Crippen LogP contribution in [0.1, 0.15) is 246 Å². The topological polar surface area (TPSA) is 267 Å². The fraction of sp³-hybridized carbons (Fsp3) is 0.523. The lowest BCUT2D eigenvalue weighted by atomic mass is 9.98. The summed E-state index contributed by atoms with van der Waals surface area (Å²) >= 11 is 4.36. The van der Waals surface area contributed by atoms with Crippen LogP contribution in [-0.2, 0) is 0 Å². The molecule has 0 aliphatic carbocycles. The lowest BCUT2D eigenvalue weighted by molar-refractivity contribution is 0.0561. The maximum absolute atomic E-state index is 13.1. The standard InChI is InChI=1S/C22H28N6O2.C22H27N5OS.2C21H26N6OS/c1-14-7-9-26(12-14)21-15(2)13-28-20(23-21)11-17(24-28)18-6-4-5-8-27(18)22(29)19-10-16(3)25-30-19;1-15-6-9-25(12-15)21-16(2)13-27-20(23-21)11-18(24-27)19-5-3-4-8-26(19)22(28)17-7-10-29-14-17;1-14-6-9-25(12-14)19-15(2)13-27-18(23-19)11-16(24-27)17-5-3-4-8-26(17)21(28)20-22-7-10-29-20;1-14-6-8-25(11-14)20-15(2)12-27-19(23-20)9-16(24-27)17-5-3-4-7-26(17)21(28)18-10-22-13-29-18/h10-11,13-14,18H,4-9,12H2,1-3H3;7,10-11,13-15,19H,3-6,8-9,12H2,1-2H3;7,10-11,13-14,17H,3-6,8-9,12H2,1-2H3;9-10,12-14,17H,3-8,11H2,1-2H3/t14-,18-;15-,19-;2*14-,17-/m0000/s1. The molecule has 117 heavy (non-hydrogen) atoms. The molecule has 0 saturated carbocycles. The van der Waals surface area contributed by atoms with Gasteiger partial charge in [-0.25, -0.2) is 43.0 Å². The maximum atomic E-state index is 13.1. The predicted molar refractivity (Wildman–Crippen MR) is 455 cm³/mol. The summed E-state index contributed by atoms with van der Waals surface area (Å²) in [5.41, 5.74) is 14.9. The third-order valence-corrected chi connectivity index (χ3v) is 26.9. The highest BCUT2D eigenvalue weighted by molar-refractivity contribution is 7.12. The number of amides is 4. The number of piperidine rings is 4. The van der Waals surface area contributed by atoms with E-state index in [1.54, 1.807) is 35.3 Å². The summed E-state index contributed by atoms with van der Waals surface area (Å²) in [6, 6.07) is 11.8. The maximum Gasteiger partial charge on any atom is 0.293 e. The molecule has 4 amide bonds. The van der Waals surface area contributed by atoms with Crippen LogP contribution >= 0.6 is 34.0 Å². The highest BCUT2D eigenvalue weighted by atomic mass is 32.1. The SMILES string of the molecule is Cc1cc(C(=O)N2CCCC[C@H]2c2cc3nc(N4CC[C@H](C)C4)c(C)cn3n2)on1.Cc1cn2nc([C@@H]3CCCCN3C(=O)c3ccsc3)cc2nc1N1CC[C@H](C)C1.Cc1cn2nc([C@@H]3CCCCN3C(=O)c3cncs3)cc2nc1N1CC[C@H](C)C1.Cc1cn2nc([C@@H]3CCCCN3C(=O)c3nccs3)cc2nc1N1CC[C@H](C)C1. The van der Waals surface area contributed by atoms with Crippen molar-refractivity contribution < 1.29 is 23.7 Å². The molecule has 20 heterocycles. The van der Waals surface area contributed by atoms with Crippen molar-refractivity contribution in [2.45, 2.75) is 189 Å². The Kier molecular flexibility index (Phi) is 23.3. The molecular weight excluding hydrogens is 1530 g/mol. The molecule has 614 valence electrons. The largest absolute Gasteiger partial charge is 0.356 e. The Morgan fingerprint density at radius 2 is 0.795 bits per heavy atom. The fourth-order valence-electron chi connectivity index (χ4n) is 18.5. The zero-order valence-electron chi connectivity index (χ0n) is 68.7. The van der Waals surface area contributed by atoms with Crippen molar-refractivity contribution >= 4 is 103 Å². The first-order valence-corrected chi connectivity index (χ1v) is 44.9. The quantitative estimate of drug-likeness (QED) is 0.110. The third-order valence-electron chi connectivity index (χ3n) is 24.7. The number of fused-ring (bicyclic) bond motifs is 4. The fourth-order valence-corrected chi connectivity index (χ4v) is 20.3. The van der Waals surface area contributed by atoms with E-state index in [1.165, 1.54) is 48.4 Å². The van der Waals surface area contributed by atoms with E-state index in [0.29, 0.717) is 51.6 Å². The zero-order chi connectivity index (χ0) is 80.7. The summed E-state index contributed by atoms with van der Waals surface area (Å²) in [7, 11) is 0. The molecule has 0 N–H and O–H groups in total. The van der Waals surface area contributed by atoms with E-state index < -0.39 is 0 Å². The number of likely N-dealkylation sites (tertiary alicyclic amines) is 4. The number of aryl methyl sites for hydroxylation is 5. The zero-order valence-corrected chi connectivity index (χ0v) is 71.2. The summed E-state index contributed by atoms with van der Waals surface area (Å²) in [5.74, 6) is 7.44. The molecule has 0 radical (unpaired) electrons. The molecule has 31 heteroatoms. The number of anilines is 4. The van der Waals surface area contributed by atoms with Gasteiger partial charge in [-0.2, -0.15) is 31.7 Å². The van der Waals surface area contributed by atoms with Crippen molar-refractivity contribution in [1.82, 2.24) is 93.1 Å². The number of rotatable bonds is 12. The smallest absolute Gasteiger partial charge is 0.293 e. The van der Waals surface area contributed by atoms with Crippen molar-refractivity contribution in [1.29, 1.82) is 0 Å². The summed E-state index contributed by atoms with van der Waals surface area (Å²) in [6.45, 7) is 30.9. The van der Waals surface area contributed by atoms with Gasteiger partial charge in [0.05, 0.1) is 69.9 Å². The van der Waals surface area contributed by atoms with Gasteiger partial charge in [0.1, 0.15) is 28.1 Å². The third kappa shape index (κ3) is 16.9. The Hall–Kier alpha value is -10.3. The molecule has 8 atom stereocenters. The molecule has 20 rings (SSSR count). The van der Waals surface area contributed by atoms with Crippen molar-refractivity contribution in [3.63, 3.8) is 0 Å². The number of carbonyl (C=O) groups excluding carboxylic acids is 4. The highest BCUT2D eigenvalue weighted by Crippen LogP contribution is 2.40. The Morgan fingerprint density at radius 1 is 0.419 bits per heavy atom. The number of nitrogens with zero attached hydrogens (tertiary/aromatic N) is 23. The van der Waals surface area contributed by atoms with Gasteiger partial charge < -0.3 is 43.7 Å². The van der Waals surface area contributed by atoms with Crippen LogP contribution in [0.4, 0.5) is 23.3 Å². The van der Waals surface area contributed by atoms with Crippen molar-refractivity contribution in [2.75, 3.05) is 98.1 Å². The van der Waals surface area contributed by atoms with E-state index in [4.69, 9.17) is 44.9 Å². The molecule has 0 bridgehead atoms. The van der Waals surface area contributed by atoms with Gasteiger partial charge in [-0.05, 0) is 172 Å². The second kappa shape index (κ2) is 34.4. The summed E-state index contributed by atoms with van der Waals surface area (Å²) in [5, 5.41) is 29.5. The van der Waals surface area contributed by atoms with Crippen LogP contribution in [-0.4, -0.2) is 195 Å². The minimum atomic E-state index is -0.117.